The number of hydrogen-bond donors (Lipinski definition) is 0. The molecule has 72 valence electrons. The molecule has 0 saturated carbocycles. The molecular weight excluding hydrogens is 190 g/mol. The van der Waals surface area contributed by atoms with E-state index >= 15 is 0 Å². The quantitative estimate of drug-likeness (QED) is 0.734. The van der Waals surface area contributed by atoms with E-state index in [0.29, 0.717) is 0 Å². The van der Waals surface area contributed by atoms with Crippen LogP contribution in [0.1, 0.15) is 0 Å². The highest BCUT2D eigenvalue weighted by Gasteiger charge is 2.07. The molecule has 0 unspecified atom stereocenters. The van der Waals surface area contributed by atoms with Gasteiger partial charge in [0.2, 0.25) is 0 Å². The van der Waals surface area contributed by atoms with Crippen LogP contribution in [-0.4, -0.2) is 0 Å². The second kappa shape index (κ2) is 3.49. The fraction of sp³-hybridized carbons (Fsp3) is 0. The molecule has 0 radical (unpaired) electrons. The summed E-state index contributed by atoms with van der Waals surface area (Å²) in [5, 5.41) is 0. The Balaban J connectivity index is 2.28. The predicted molar refractivity (Wildman–Crippen MR) is 45.1 cm³/mol. The maximum atomic E-state index is 13.0. The van der Waals surface area contributed by atoms with E-state index in [0.717, 1.165) is 18.2 Å². The van der Waals surface area contributed by atoms with Gasteiger partial charge in [0.15, 0.2) is 11.6 Å². The Morgan fingerprint density at radius 1 is 1.14 bits per heavy atom. The Morgan fingerprint density at radius 3 is 2.71 bits per heavy atom. The normalized spacial score (nSPS) is 10.1. The summed E-state index contributed by atoms with van der Waals surface area (Å²) in [6.45, 7) is 0. The van der Waals surface area contributed by atoms with Gasteiger partial charge in [0.25, 0.3) is 5.95 Å². The number of hydrogen-bond acceptors (Lipinski definition) is 2. The van der Waals surface area contributed by atoms with E-state index in [1.165, 1.54) is 12.3 Å². The van der Waals surface area contributed by atoms with Gasteiger partial charge in [-0.05, 0) is 18.2 Å². The van der Waals surface area contributed by atoms with Crippen molar-refractivity contribution in [3.8, 4) is 11.7 Å². The van der Waals surface area contributed by atoms with Crippen molar-refractivity contribution in [1.82, 2.24) is 0 Å². The van der Waals surface area contributed by atoms with Gasteiger partial charge in [0.1, 0.15) is 5.82 Å². The van der Waals surface area contributed by atoms with Gasteiger partial charge < -0.3 is 9.15 Å². The minimum atomic E-state index is -0.636. The number of benzene rings is 1. The molecule has 0 spiro atoms. The minimum Gasteiger partial charge on any atom is -0.434 e. The lowest BCUT2D eigenvalue weighted by Gasteiger charge is -2.02. The number of furan rings is 1. The van der Waals surface area contributed by atoms with Gasteiger partial charge in [0, 0.05) is 12.1 Å². The third kappa shape index (κ3) is 1.74. The number of halogens is 2. The maximum Gasteiger partial charge on any atom is 0.289 e. The first-order valence-corrected chi connectivity index (χ1v) is 3.92. The Labute approximate surface area is 78.7 Å². The zero-order chi connectivity index (χ0) is 9.97. The average molecular weight is 196 g/mol. The van der Waals surface area contributed by atoms with Crippen LogP contribution in [0.3, 0.4) is 0 Å². The molecular formula is C10H6F2O2. The lowest BCUT2D eigenvalue weighted by atomic mass is 10.3. The van der Waals surface area contributed by atoms with Crippen LogP contribution in [0.4, 0.5) is 8.78 Å². The first kappa shape index (κ1) is 8.74. The summed E-state index contributed by atoms with van der Waals surface area (Å²) in [6.07, 6.45) is 1.38. The van der Waals surface area contributed by atoms with Crippen molar-refractivity contribution in [2.45, 2.75) is 0 Å². The molecule has 0 aliphatic heterocycles. The number of rotatable bonds is 2. The smallest absolute Gasteiger partial charge is 0.289 e. The molecule has 2 nitrogen and oxygen atoms in total. The molecule has 4 heteroatoms. The van der Waals surface area contributed by atoms with Crippen molar-refractivity contribution in [3.05, 3.63) is 48.2 Å². The van der Waals surface area contributed by atoms with Crippen molar-refractivity contribution < 1.29 is 17.9 Å². The molecule has 0 N–H and O–H groups in total. The van der Waals surface area contributed by atoms with Crippen LogP contribution in [0.15, 0.2) is 41.0 Å². The topological polar surface area (TPSA) is 22.4 Å². The summed E-state index contributed by atoms with van der Waals surface area (Å²) in [5.41, 5.74) is 0. The van der Waals surface area contributed by atoms with Crippen molar-refractivity contribution >= 4 is 0 Å². The van der Waals surface area contributed by atoms with E-state index < -0.39 is 11.6 Å². The molecule has 0 bridgehead atoms. The standard InChI is InChI=1S/C10H6F2O2/c11-7-3-4-8(12)9(6-7)14-10-2-1-5-13-10/h1-6H. The first-order chi connectivity index (χ1) is 6.75. The van der Waals surface area contributed by atoms with Gasteiger partial charge in [-0.15, -0.1) is 0 Å². The second-order valence-electron chi connectivity index (χ2n) is 2.61. The molecule has 0 aliphatic rings. The minimum absolute atomic E-state index is 0.120. The highest BCUT2D eigenvalue weighted by molar-refractivity contribution is 5.28. The van der Waals surface area contributed by atoms with Crippen LogP contribution in [0.2, 0.25) is 0 Å². The van der Waals surface area contributed by atoms with Crippen molar-refractivity contribution in [1.29, 1.82) is 0 Å². The lowest BCUT2D eigenvalue weighted by Crippen LogP contribution is -1.87. The lowest BCUT2D eigenvalue weighted by molar-refractivity contribution is 0.331. The van der Waals surface area contributed by atoms with Crippen LogP contribution in [-0.2, 0) is 0 Å². The predicted octanol–water partition coefficient (Wildman–Crippen LogP) is 3.35. The summed E-state index contributed by atoms with van der Waals surface area (Å²) in [5.74, 6) is -1.27. The Bertz CT molecular complexity index is 424. The summed E-state index contributed by atoms with van der Waals surface area (Å²) in [7, 11) is 0. The van der Waals surface area contributed by atoms with E-state index in [1.54, 1.807) is 6.07 Å². The molecule has 1 aromatic heterocycles. The second-order valence-corrected chi connectivity index (χ2v) is 2.61. The van der Waals surface area contributed by atoms with E-state index in [2.05, 4.69) is 0 Å². The average Bonchev–Trinajstić information content (AvgIpc) is 2.64. The van der Waals surface area contributed by atoms with Crippen LogP contribution in [0.5, 0.6) is 11.7 Å². The molecule has 1 aromatic carbocycles. The largest absolute Gasteiger partial charge is 0.434 e. The Kier molecular flexibility index (Phi) is 2.18. The van der Waals surface area contributed by atoms with Gasteiger partial charge in [-0.2, -0.15) is 0 Å². The third-order valence-electron chi connectivity index (χ3n) is 1.60. The van der Waals surface area contributed by atoms with Crippen molar-refractivity contribution in [2.75, 3.05) is 0 Å². The molecule has 14 heavy (non-hydrogen) atoms. The third-order valence-corrected chi connectivity index (χ3v) is 1.60. The molecule has 0 atom stereocenters. The zero-order valence-corrected chi connectivity index (χ0v) is 7.04. The zero-order valence-electron chi connectivity index (χ0n) is 7.04. The SMILES string of the molecule is Fc1ccc(F)c(Oc2ccco2)c1. The van der Waals surface area contributed by atoms with Crippen LogP contribution in [0.25, 0.3) is 0 Å². The van der Waals surface area contributed by atoms with Gasteiger partial charge in [-0.3, -0.25) is 0 Å². The highest BCUT2D eigenvalue weighted by Crippen LogP contribution is 2.25. The summed E-state index contributed by atoms with van der Waals surface area (Å²) >= 11 is 0. The van der Waals surface area contributed by atoms with Crippen LogP contribution in [0, 0.1) is 11.6 Å². The molecule has 2 aromatic rings. The molecule has 0 amide bonds. The number of ether oxygens (including phenoxy) is 1. The fourth-order valence-electron chi connectivity index (χ4n) is 0.985. The molecule has 0 aliphatic carbocycles. The molecule has 0 fully saturated rings. The summed E-state index contributed by atoms with van der Waals surface area (Å²) in [4.78, 5) is 0. The van der Waals surface area contributed by atoms with Gasteiger partial charge in [-0.25, -0.2) is 8.78 Å². The molecule has 0 saturated heterocycles. The van der Waals surface area contributed by atoms with E-state index in [4.69, 9.17) is 9.15 Å². The summed E-state index contributed by atoms with van der Waals surface area (Å²) < 4.78 is 35.5. The molecule has 1 heterocycles. The van der Waals surface area contributed by atoms with Crippen LogP contribution < -0.4 is 4.74 Å². The van der Waals surface area contributed by atoms with Gasteiger partial charge in [0.05, 0.1) is 6.26 Å². The highest BCUT2D eigenvalue weighted by atomic mass is 19.1. The van der Waals surface area contributed by atoms with Crippen molar-refractivity contribution in [3.63, 3.8) is 0 Å². The van der Waals surface area contributed by atoms with Gasteiger partial charge in [-0.1, -0.05) is 0 Å². The van der Waals surface area contributed by atoms with E-state index in [-0.39, 0.29) is 11.7 Å². The van der Waals surface area contributed by atoms with Crippen LogP contribution >= 0.6 is 0 Å². The first-order valence-electron chi connectivity index (χ1n) is 3.92. The van der Waals surface area contributed by atoms with E-state index in [9.17, 15) is 8.78 Å². The van der Waals surface area contributed by atoms with Crippen molar-refractivity contribution in [2.24, 2.45) is 0 Å². The van der Waals surface area contributed by atoms with E-state index in [1.807, 2.05) is 0 Å². The van der Waals surface area contributed by atoms with Gasteiger partial charge >= 0.3 is 0 Å². The maximum absolute atomic E-state index is 13.0. The molecule has 2 rings (SSSR count). The Hall–Kier alpha value is -1.84. The monoisotopic (exact) mass is 196 g/mol. The summed E-state index contributed by atoms with van der Waals surface area (Å²) in [6, 6.07) is 6.06. The fourth-order valence-corrected chi connectivity index (χ4v) is 0.985. The Morgan fingerprint density at radius 2 is 2.00 bits per heavy atom.